The molecule has 1 aromatic heterocycles. The normalized spacial score (nSPS) is 11.6. The largest absolute Gasteiger partial charge is 0.338 e. The first-order valence-electron chi connectivity index (χ1n) is 6.37. The third-order valence-electron chi connectivity index (χ3n) is 2.90. The quantitative estimate of drug-likeness (QED) is 0.829. The van der Waals surface area contributed by atoms with E-state index in [-0.39, 0.29) is 11.3 Å². The zero-order valence-corrected chi connectivity index (χ0v) is 11.8. The predicted molar refractivity (Wildman–Crippen MR) is 72.2 cm³/mol. The molecule has 0 spiro atoms. The van der Waals surface area contributed by atoms with Crippen LogP contribution in [-0.2, 0) is 7.05 Å². The molecule has 5 nitrogen and oxygen atoms in total. The predicted octanol–water partition coefficient (Wildman–Crippen LogP) is 1.26. The van der Waals surface area contributed by atoms with Crippen LogP contribution in [0.15, 0.2) is 12.4 Å². The molecule has 0 bridgehead atoms. The Morgan fingerprint density at radius 3 is 2.67 bits per heavy atom. The highest BCUT2D eigenvalue weighted by molar-refractivity contribution is 5.93. The lowest BCUT2D eigenvalue weighted by atomic mass is 9.93. The van der Waals surface area contributed by atoms with Crippen molar-refractivity contribution >= 4 is 5.91 Å². The molecular weight excluding hydrogens is 228 g/mol. The highest BCUT2D eigenvalue weighted by atomic mass is 16.2. The van der Waals surface area contributed by atoms with Crippen LogP contribution in [0.4, 0.5) is 0 Å². The summed E-state index contributed by atoms with van der Waals surface area (Å²) >= 11 is 0. The summed E-state index contributed by atoms with van der Waals surface area (Å²) in [7, 11) is 1.81. The number of amides is 1. The number of hydrogen-bond donors (Lipinski definition) is 1. The summed E-state index contributed by atoms with van der Waals surface area (Å²) in [5.41, 5.74) is 6.31. The molecule has 0 aliphatic rings. The molecule has 0 unspecified atom stereocenters. The third-order valence-corrected chi connectivity index (χ3v) is 2.90. The smallest absolute Gasteiger partial charge is 0.257 e. The van der Waals surface area contributed by atoms with Crippen LogP contribution < -0.4 is 5.73 Å². The van der Waals surface area contributed by atoms with Crippen LogP contribution in [0.3, 0.4) is 0 Å². The fourth-order valence-electron chi connectivity index (χ4n) is 1.82. The number of aromatic nitrogens is 2. The van der Waals surface area contributed by atoms with Gasteiger partial charge in [-0.1, -0.05) is 20.8 Å². The van der Waals surface area contributed by atoms with Gasteiger partial charge in [-0.15, -0.1) is 0 Å². The summed E-state index contributed by atoms with van der Waals surface area (Å²) < 4.78 is 1.64. The Morgan fingerprint density at radius 1 is 1.56 bits per heavy atom. The molecular formula is C13H24N4O. The maximum absolute atomic E-state index is 12.4. The first kappa shape index (κ1) is 14.7. The first-order valence-corrected chi connectivity index (χ1v) is 6.37. The van der Waals surface area contributed by atoms with E-state index in [2.05, 4.69) is 25.9 Å². The van der Waals surface area contributed by atoms with Gasteiger partial charge < -0.3 is 10.6 Å². The van der Waals surface area contributed by atoms with Gasteiger partial charge >= 0.3 is 0 Å². The van der Waals surface area contributed by atoms with E-state index in [1.54, 1.807) is 17.1 Å². The van der Waals surface area contributed by atoms with E-state index in [0.717, 1.165) is 13.0 Å². The van der Waals surface area contributed by atoms with Gasteiger partial charge in [-0.2, -0.15) is 5.10 Å². The van der Waals surface area contributed by atoms with Crippen molar-refractivity contribution in [2.75, 3.05) is 19.6 Å². The fraction of sp³-hybridized carbons (Fsp3) is 0.692. The van der Waals surface area contributed by atoms with Gasteiger partial charge in [0.25, 0.3) is 5.91 Å². The van der Waals surface area contributed by atoms with Crippen LogP contribution in [0.1, 0.15) is 37.6 Å². The van der Waals surface area contributed by atoms with Crippen molar-refractivity contribution < 1.29 is 4.79 Å². The van der Waals surface area contributed by atoms with Gasteiger partial charge in [0.2, 0.25) is 0 Å². The SMILES string of the molecule is CCCN(CC(C)(C)CN)C(=O)c1cnn(C)c1. The first-order chi connectivity index (χ1) is 8.39. The minimum Gasteiger partial charge on any atom is -0.338 e. The molecule has 1 heterocycles. The van der Waals surface area contributed by atoms with Crippen molar-refractivity contribution in [2.24, 2.45) is 18.2 Å². The summed E-state index contributed by atoms with van der Waals surface area (Å²) in [4.78, 5) is 14.2. The van der Waals surface area contributed by atoms with Crippen LogP contribution in [0.2, 0.25) is 0 Å². The lowest BCUT2D eigenvalue weighted by Gasteiger charge is -2.31. The van der Waals surface area contributed by atoms with Crippen LogP contribution in [0.25, 0.3) is 0 Å². The average molecular weight is 252 g/mol. The average Bonchev–Trinajstić information content (AvgIpc) is 2.74. The Bertz CT molecular complexity index is 397. The third kappa shape index (κ3) is 3.84. The number of carbonyl (C=O) groups excluding carboxylic acids is 1. The van der Waals surface area contributed by atoms with Gasteiger partial charge in [-0.05, 0) is 18.4 Å². The molecule has 0 saturated heterocycles. The summed E-state index contributed by atoms with van der Waals surface area (Å²) in [6, 6.07) is 0. The molecule has 1 aromatic rings. The standard InChI is InChI=1S/C13H24N4O/c1-5-6-17(10-13(2,3)9-14)12(18)11-7-15-16(4)8-11/h7-8H,5-6,9-10,14H2,1-4H3. The second kappa shape index (κ2) is 6.00. The van der Waals surface area contributed by atoms with Gasteiger partial charge in [0.1, 0.15) is 0 Å². The van der Waals surface area contributed by atoms with E-state index in [9.17, 15) is 4.79 Å². The molecule has 18 heavy (non-hydrogen) atoms. The Balaban J connectivity index is 2.81. The zero-order valence-electron chi connectivity index (χ0n) is 11.8. The molecule has 5 heteroatoms. The summed E-state index contributed by atoms with van der Waals surface area (Å²) in [5, 5.41) is 4.04. The van der Waals surface area contributed by atoms with Gasteiger partial charge in [0, 0.05) is 26.3 Å². The topological polar surface area (TPSA) is 64.2 Å². The van der Waals surface area contributed by atoms with E-state index in [4.69, 9.17) is 5.73 Å². The maximum Gasteiger partial charge on any atom is 0.257 e. The van der Waals surface area contributed by atoms with E-state index < -0.39 is 0 Å². The molecule has 0 fully saturated rings. The summed E-state index contributed by atoms with van der Waals surface area (Å²) in [6.45, 7) is 8.20. The molecule has 102 valence electrons. The lowest BCUT2D eigenvalue weighted by Crippen LogP contribution is -2.42. The van der Waals surface area contributed by atoms with Crippen molar-refractivity contribution in [3.8, 4) is 0 Å². The van der Waals surface area contributed by atoms with Crippen molar-refractivity contribution in [2.45, 2.75) is 27.2 Å². The van der Waals surface area contributed by atoms with Gasteiger partial charge in [0.05, 0.1) is 11.8 Å². The van der Waals surface area contributed by atoms with Crippen LogP contribution >= 0.6 is 0 Å². The van der Waals surface area contributed by atoms with Crippen molar-refractivity contribution in [1.82, 2.24) is 14.7 Å². The molecule has 0 radical (unpaired) electrons. The molecule has 0 aromatic carbocycles. The number of nitrogens with two attached hydrogens (primary N) is 1. The number of rotatable bonds is 6. The van der Waals surface area contributed by atoms with Crippen molar-refractivity contribution in [3.05, 3.63) is 18.0 Å². The zero-order chi connectivity index (χ0) is 13.8. The van der Waals surface area contributed by atoms with E-state index >= 15 is 0 Å². The summed E-state index contributed by atoms with van der Waals surface area (Å²) in [5.74, 6) is 0.0338. The highest BCUT2D eigenvalue weighted by Gasteiger charge is 2.24. The minimum absolute atomic E-state index is 0.0338. The number of aryl methyl sites for hydroxylation is 1. The molecule has 0 aliphatic heterocycles. The fourth-order valence-corrected chi connectivity index (χ4v) is 1.82. The monoisotopic (exact) mass is 252 g/mol. The second-order valence-corrected chi connectivity index (χ2v) is 5.50. The molecule has 1 amide bonds. The van der Waals surface area contributed by atoms with E-state index in [0.29, 0.717) is 18.7 Å². The van der Waals surface area contributed by atoms with Crippen molar-refractivity contribution in [1.29, 1.82) is 0 Å². The minimum atomic E-state index is -0.0625. The van der Waals surface area contributed by atoms with Gasteiger partial charge in [0.15, 0.2) is 0 Å². The molecule has 2 N–H and O–H groups in total. The molecule has 1 rings (SSSR count). The van der Waals surface area contributed by atoms with Crippen LogP contribution in [0, 0.1) is 5.41 Å². The van der Waals surface area contributed by atoms with E-state index in [1.807, 2.05) is 11.9 Å². The second-order valence-electron chi connectivity index (χ2n) is 5.50. The molecule has 0 saturated carbocycles. The Morgan fingerprint density at radius 2 is 2.22 bits per heavy atom. The molecule has 0 atom stereocenters. The van der Waals surface area contributed by atoms with Crippen LogP contribution in [0.5, 0.6) is 0 Å². The Hall–Kier alpha value is -1.36. The maximum atomic E-state index is 12.4. The number of carbonyl (C=O) groups is 1. The van der Waals surface area contributed by atoms with Gasteiger partial charge in [-0.3, -0.25) is 9.48 Å². The summed E-state index contributed by atoms with van der Waals surface area (Å²) in [6.07, 6.45) is 4.30. The van der Waals surface area contributed by atoms with E-state index in [1.165, 1.54) is 0 Å². The molecule has 0 aliphatic carbocycles. The van der Waals surface area contributed by atoms with Crippen LogP contribution in [-0.4, -0.2) is 40.2 Å². The van der Waals surface area contributed by atoms with Crippen molar-refractivity contribution in [3.63, 3.8) is 0 Å². The Kier molecular flexibility index (Phi) is 4.90. The highest BCUT2D eigenvalue weighted by Crippen LogP contribution is 2.17. The number of hydrogen-bond acceptors (Lipinski definition) is 3. The Labute approximate surface area is 109 Å². The lowest BCUT2D eigenvalue weighted by molar-refractivity contribution is 0.0689. The number of nitrogens with zero attached hydrogens (tertiary/aromatic N) is 3. The van der Waals surface area contributed by atoms with Gasteiger partial charge in [-0.25, -0.2) is 0 Å².